The number of hydrogen-bond donors (Lipinski definition) is 3. The maximum absolute atomic E-state index is 12.4. The van der Waals surface area contributed by atoms with Gasteiger partial charge in [0.25, 0.3) is 0 Å². The van der Waals surface area contributed by atoms with Crippen molar-refractivity contribution < 1.29 is 13.2 Å². The van der Waals surface area contributed by atoms with Crippen molar-refractivity contribution in [2.24, 2.45) is 10.9 Å². The van der Waals surface area contributed by atoms with Crippen molar-refractivity contribution in [3.8, 4) is 0 Å². The van der Waals surface area contributed by atoms with Crippen LogP contribution in [0.5, 0.6) is 0 Å². The first-order valence-corrected chi connectivity index (χ1v) is 11.5. The van der Waals surface area contributed by atoms with E-state index in [1.165, 1.54) is 6.42 Å². The lowest BCUT2D eigenvalue weighted by atomic mass is 10.1. The molecule has 0 saturated carbocycles. The number of aliphatic imine (C=N–C) groups is 1. The summed E-state index contributed by atoms with van der Waals surface area (Å²) in [4.78, 5) is 4.48. The number of ether oxygens (including phenoxy) is 1. The van der Waals surface area contributed by atoms with E-state index in [1.807, 2.05) is 12.1 Å². The SMILES string of the molecule is CN=C(NCCCC(C)C)NCc1ccc(S(=O)(=O)NCC2CCCO2)cc1. The van der Waals surface area contributed by atoms with Gasteiger partial charge in [-0.15, -0.1) is 0 Å². The van der Waals surface area contributed by atoms with Gasteiger partial charge in [-0.2, -0.15) is 0 Å². The molecule has 1 atom stereocenters. The van der Waals surface area contributed by atoms with Gasteiger partial charge < -0.3 is 15.4 Å². The molecule has 0 spiro atoms. The van der Waals surface area contributed by atoms with Gasteiger partial charge in [0.05, 0.1) is 11.0 Å². The lowest BCUT2D eigenvalue weighted by Crippen LogP contribution is -2.37. The molecular weight excluding hydrogens is 376 g/mol. The second-order valence-electron chi connectivity index (χ2n) is 7.52. The summed E-state index contributed by atoms with van der Waals surface area (Å²) in [6, 6.07) is 6.90. The van der Waals surface area contributed by atoms with Crippen molar-refractivity contribution in [1.82, 2.24) is 15.4 Å². The van der Waals surface area contributed by atoms with Crippen molar-refractivity contribution in [2.75, 3.05) is 26.7 Å². The van der Waals surface area contributed by atoms with Crippen molar-refractivity contribution in [3.05, 3.63) is 29.8 Å². The van der Waals surface area contributed by atoms with Gasteiger partial charge in [0.15, 0.2) is 5.96 Å². The summed E-state index contributed by atoms with van der Waals surface area (Å²) in [6.07, 6.45) is 4.16. The van der Waals surface area contributed by atoms with Crippen LogP contribution in [-0.2, 0) is 21.3 Å². The van der Waals surface area contributed by atoms with E-state index in [9.17, 15) is 8.42 Å². The number of rotatable bonds is 10. The fourth-order valence-electron chi connectivity index (χ4n) is 3.00. The molecule has 3 N–H and O–H groups in total. The molecule has 1 aliphatic heterocycles. The fraction of sp³-hybridized carbons (Fsp3) is 0.650. The van der Waals surface area contributed by atoms with Crippen LogP contribution in [0.2, 0.25) is 0 Å². The van der Waals surface area contributed by atoms with E-state index in [1.54, 1.807) is 19.2 Å². The molecule has 1 aromatic carbocycles. The van der Waals surface area contributed by atoms with Gasteiger partial charge in [-0.1, -0.05) is 26.0 Å². The quantitative estimate of drug-likeness (QED) is 0.313. The van der Waals surface area contributed by atoms with E-state index in [2.05, 4.69) is 34.2 Å². The number of nitrogens with zero attached hydrogens (tertiary/aromatic N) is 1. The largest absolute Gasteiger partial charge is 0.377 e. The minimum Gasteiger partial charge on any atom is -0.377 e. The van der Waals surface area contributed by atoms with Gasteiger partial charge in [-0.3, -0.25) is 4.99 Å². The minimum atomic E-state index is -3.51. The Morgan fingerprint density at radius 3 is 2.61 bits per heavy atom. The van der Waals surface area contributed by atoms with Gasteiger partial charge in [0.1, 0.15) is 0 Å². The van der Waals surface area contributed by atoms with Gasteiger partial charge in [0.2, 0.25) is 10.0 Å². The first-order chi connectivity index (χ1) is 13.4. The van der Waals surface area contributed by atoms with Crippen LogP contribution in [0.3, 0.4) is 0 Å². The van der Waals surface area contributed by atoms with Gasteiger partial charge >= 0.3 is 0 Å². The zero-order chi connectivity index (χ0) is 20.4. The van der Waals surface area contributed by atoms with Crippen LogP contribution in [0.25, 0.3) is 0 Å². The molecule has 2 rings (SSSR count). The van der Waals surface area contributed by atoms with Crippen LogP contribution in [0.15, 0.2) is 34.2 Å². The number of hydrogen-bond acceptors (Lipinski definition) is 4. The molecule has 0 amide bonds. The summed E-state index contributed by atoms with van der Waals surface area (Å²) in [6.45, 7) is 6.93. The third-order valence-electron chi connectivity index (χ3n) is 4.69. The molecule has 1 aromatic rings. The van der Waals surface area contributed by atoms with E-state index < -0.39 is 10.0 Å². The highest BCUT2D eigenvalue weighted by molar-refractivity contribution is 7.89. The fourth-order valence-corrected chi connectivity index (χ4v) is 4.07. The van der Waals surface area contributed by atoms with E-state index in [4.69, 9.17) is 4.74 Å². The number of nitrogens with one attached hydrogen (secondary N) is 3. The summed E-state index contributed by atoms with van der Waals surface area (Å²) >= 11 is 0. The summed E-state index contributed by atoms with van der Waals surface area (Å²) in [7, 11) is -1.77. The molecule has 1 unspecified atom stereocenters. The molecule has 0 aromatic heterocycles. The van der Waals surface area contributed by atoms with Crippen LogP contribution < -0.4 is 15.4 Å². The van der Waals surface area contributed by atoms with Gasteiger partial charge in [-0.05, 0) is 49.3 Å². The Balaban J connectivity index is 1.79. The molecule has 158 valence electrons. The average molecular weight is 411 g/mol. The molecule has 0 aliphatic carbocycles. The maximum Gasteiger partial charge on any atom is 0.240 e. The monoisotopic (exact) mass is 410 g/mol. The molecule has 28 heavy (non-hydrogen) atoms. The second-order valence-corrected chi connectivity index (χ2v) is 9.29. The highest BCUT2D eigenvalue weighted by Crippen LogP contribution is 2.14. The Labute approximate surface area is 169 Å². The first-order valence-electron chi connectivity index (χ1n) is 10.1. The van der Waals surface area contributed by atoms with E-state index >= 15 is 0 Å². The molecule has 0 radical (unpaired) electrons. The highest BCUT2D eigenvalue weighted by Gasteiger charge is 2.20. The molecule has 1 saturated heterocycles. The van der Waals surface area contributed by atoms with Crippen molar-refractivity contribution >= 4 is 16.0 Å². The van der Waals surface area contributed by atoms with Crippen LogP contribution in [0.1, 0.15) is 45.1 Å². The first kappa shape index (κ1) is 22.6. The zero-order valence-corrected chi connectivity index (χ0v) is 18.0. The summed E-state index contributed by atoms with van der Waals surface area (Å²) in [5.74, 6) is 1.45. The Bertz CT molecular complexity index is 711. The predicted octanol–water partition coefficient (Wildman–Crippen LogP) is 2.25. The normalized spacial score (nSPS) is 17.9. The molecule has 0 bridgehead atoms. The Morgan fingerprint density at radius 2 is 2.00 bits per heavy atom. The topological polar surface area (TPSA) is 91.8 Å². The Kier molecular flexibility index (Phi) is 9.21. The third-order valence-corrected chi connectivity index (χ3v) is 6.13. The molecule has 1 fully saturated rings. The Morgan fingerprint density at radius 1 is 1.25 bits per heavy atom. The van der Waals surface area contributed by atoms with E-state index in [-0.39, 0.29) is 11.0 Å². The molecule has 1 aliphatic rings. The Hall–Kier alpha value is -1.64. The molecule has 1 heterocycles. The molecule has 8 heteroatoms. The summed E-state index contributed by atoms with van der Waals surface area (Å²) in [5.41, 5.74) is 0.989. The summed E-state index contributed by atoms with van der Waals surface area (Å²) in [5, 5.41) is 6.55. The van der Waals surface area contributed by atoms with Crippen LogP contribution in [-0.4, -0.2) is 47.2 Å². The van der Waals surface area contributed by atoms with Crippen molar-refractivity contribution in [2.45, 2.75) is 57.1 Å². The number of guanidine groups is 1. The predicted molar refractivity (Wildman–Crippen MR) is 113 cm³/mol. The lowest BCUT2D eigenvalue weighted by Gasteiger charge is -2.13. The van der Waals surface area contributed by atoms with Gasteiger partial charge in [-0.25, -0.2) is 13.1 Å². The van der Waals surface area contributed by atoms with Crippen LogP contribution in [0.4, 0.5) is 0 Å². The zero-order valence-electron chi connectivity index (χ0n) is 17.2. The molecule has 7 nitrogen and oxygen atoms in total. The molecular formula is C20H34N4O3S. The van der Waals surface area contributed by atoms with Crippen LogP contribution >= 0.6 is 0 Å². The highest BCUT2D eigenvalue weighted by atomic mass is 32.2. The third kappa shape index (κ3) is 7.77. The van der Waals surface area contributed by atoms with E-state index in [0.29, 0.717) is 25.6 Å². The standard InChI is InChI=1S/C20H34N4O3S/c1-16(2)6-4-12-22-20(21-3)23-14-17-8-10-19(11-9-17)28(25,26)24-15-18-7-5-13-27-18/h8-11,16,18,24H,4-7,12-15H2,1-3H3,(H2,21,22,23). The van der Waals surface area contributed by atoms with E-state index in [0.717, 1.165) is 37.3 Å². The van der Waals surface area contributed by atoms with Gasteiger partial charge in [0, 0.05) is 33.3 Å². The smallest absolute Gasteiger partial charge is 0.240 e. The summed E-state index contributed by atoms with van der Waals surface area (Å²) < 4.78 is 32.9. The maximum atomic E-state index is 12.4. The second kappa shape index (κ2) is 11.4. The average Bonchev–Trinajstić information content (AvgIpc) is 3.20. The number of sulfonamides is 1. The van der Waals surface area contributed by atoms with Crippen molar-refractivity contribution in [3.63, 3.8) is 0 Å². The lowest BCUT2D eigenvalue weighted by molar-refractivity contribution is 0.114. The van der Waals surface area contributed by atoms with Crippen molar-refractivity contribution in [1.29, 1.82) is 0 Å². The number of benzene rings is 1. The van der Waals surface area contributed by atoms with Crippen LogP contribution in [0, 0.1) is 5.92 Å². The minimum absolute atomic E-state index is 0.0157.